The Balaban J connectivity index is 0.00000196. The Morgan fingerprint density at radius 3 is 2.27 bits per heavy atom. The minimum Gasteiger partial charge on any atom is -0.508 e. The molecule has 0 radical (unpaired) electrons. The number of aromatic hydroxyl groups is 1. The molecule has 1 atom stereocenters. The standard InChI is InChI=1S/C12H17NO.ClH/c1-4-5-11(13)12-8(2)6-10(14)7-9(12)3;/h4,6-7,11,14H,1,5,13H2,2-3H3;1H/t11-;/m0./s1. The molecule has 3 heteroatoms. The first kappa shape index (κ1) is 14.0. The average Bonchev–Trinajstić information content (AvgIpc) is 2.01. The third-order valence-electron chi connectivity index (χ3n) is 2.37. The predicted molar refractivity (Wildman–Crippen MR) is 66.6 cm³/mol. The van der Waals surface area contributed by atoms with Crippen molar-refractivity contribution in [3.63, 3.8) is 0 Å². The highest BCUT2D eigenvalue weighted by atomic mass is 35.5. The van der Waals surface area contributed by atoms with Crippen molar-refractivity contribution in [2.75, 3.05) is 0 Å². The summed E-state index contributed by atoms with van der Waals surface area (Å²) in [4.78, 5) is 0. The van der Waals surface area contributed by atoms with E-state index in [1.807, 2.05) is 19.9 Å². The Hall–Kier alpha value is -0.990. The van der Waals surface area contributed by atoms with Gasteiger partial charge >= 0.3 is 0 Å². The van der Waals surface area contributed by atoms with Gasteiger partial charge in [-0.2, -0.15) is 0 Å². The minimum absolute atomic E-state index is 0. The van der Waals surface area contributed by atoms with Crippen molar-refractivity contribution >= 4 is 12.4 Å². The Bertz CT molecular complexity index is 326. The maximum atomic E-state index is 9.37. The monoisotopic (exact) mass is 227 g/mol. The SMILES string of the molecule is C=CC[C@H](N)c1c(C)cc(O)cc1C.Cl. The van der Waals surface area contributed by atoms with Crippen LogP contribution in [0, 0.1) is 13.8 Å². The fourth-order valence-electron chi connectivity index (χ4n) is 1.83. The quantitative estimate of drug-likeness (QED) is 0.780. The van der Waals surface area contributed by atoms with E-state index in [-0.39, 0.29) is 18.4 Å². The number of phenolic OH excluding ortho intramolecular Hbond substituents is 1. The van der Waals surface area contributed by atoms with Gasteiger partial charge in [-0.05, 0) is 49.1 Å². The maximum absolute atomic E-state index is 9.37. The topological polar surface area (TPSA) is 46.2 Å². The molecule has 0 heterocycles. The smallest absolute Gasteiger partial charge is 0.116 e. The molecule has 0 saturated carbocycles. The van der Waals surface area contributed by atoms with Crippen LogP contribution in [0.25, 0.3) is 0 Å². The highest BCUT2D eigenvalue weighted by Gasteiger charge is 2.11. The van der Waals surface area contributed by atoms with E-state index in [0.717, 1.165) is 23.1 Å². The highest BCUT2D eigenvalue weighted by molar-refractivity contribution is 5.85. The van der Waals surface area contributed by atoms with E-state index in [0.29, 0.717) is 5.75 Å². The summed E-state index contributed by atoms with van der Waals surface area (Å²) in [6.07, 6.45) is 2.57. The fourth-order valence-corrected chi connectivity index (χ4v) is 1.83. The molecule has 0 bridgehead atoms. The van der Waals surface area contributed by atoms with Crippen LogP contribution in [0.15, 0.2) is 24.8 Å². The van der Waals surface area contributed by atoms with Gasteiger partial charge in [0, 0.05) is 6.04 Å². The van der Waals surface area contributed by atoms with Gasteiger partial charge in [-0.25, -0.2) is 0 Å². The summed E-state index contributed by atoms with van der Waals surface area (Å²) in [5, 5.41) is 9.37. The molecule has 0 aliphatic heterocycles. The Labute approximate surface area is 97.2 Å². The van der Waals surface area contributed by atoms with Crippen molar-refractivity contribution in [3.8, 4) is 5.75 Å². The van der Waals surface area contributed by atoms with Crippen molar-refractivity contribution in [2.24, 2.45) is 5.73 Å². The van der Waals surface area contributed by atoms with Gasteiger partial charge in [0.2, 0.25) is 0 Å². The summed E-state index contributed by atoms with van der Waals surface area (Å²) in [7, 11) is 0. The molecule has 0 unspecified atom stereocenters. The van der Waals surface area contributed by atoms with Gasteiger partial charge in [0.15, 0.2) is 0 Å². The molecule has 1 rings (SSSR count). The number of halogens is 1. The Kier molecular flexibility index (Phi) is 5.40. The van der Waals surface area contributed by atoms with Crippen molar-refractivity contribution in [1.82, 2.24) is 0 Å². The lowest BCUT2D eigenvalue weighted by Gasteiger charge is -2.16. The highest BCUT2D eigenvalue weighted by Crippen LogP contribution is 2.26. The zero-order valence-electron chi connectivity index (χ0n) is 9.16. The Morgan fingerprint density at radius 1 is 1.40 bits per heavy atom. The zero-order chi connectivity index (χ0) is 10.7. The van der Waals surface area contributed by atoms with Crippen LogP contribution in [0.2, 0.25) is 0 Å². The van der Waals surface area contributed by atoms with E-state index in [1.165, 1.54) is 0 Å². The number of nitrogens with two attached hydrogens (primary N) is 1. The second-order valence-corrected chi connectivity index (χ2v) is 3.62. The molecule has 15 heavy (non-hydrogen) atoms. The normalized spacial score (nSPS) is 11.7. The summed E-state index contributed by atoms with van der Waals surface area (Å²) >= 11 is 0. The third-order valence-corrected chi connectivity index (χ3v) is 2.37. The molecular weight excluding hydrogens is 210 g/mol. The maximum Gasteiger partial charge on any atom is 0.116 e. The second kappa shape index (κ2) is 5.79. The van der Waals surface area contributed by atoms with Crippen molar-refractivity contribution < 1.29 is 5.11 Å². The molecule has 0 aliphatic rings. The number of rotatable bonds is 3. The first-order valence-corrected chi connectivity index (χ1v) is 4.73. The van der Waals surface area contributed by atoms with Crippen molar-refractivity contribution in [1.29, 1.82) is 0 Å². The number of hydrogen-bond donors (Lipinski definition) is 2. The van der Waals surface area contributed by atoms with E-state index in [1.54, 1.807) is 12.1 Å². The van der Waals surface area contributed by atoms with Gasteiger partial charge in [0.1, 0.15) is 5.75 Å². The number of phenols is 1. The summed E-state index contributed by atoms with van der Waals surface area (Å²) in [5.41, 5.74) is 9.20. The van der Waals surface area contributed by atoms with E-state index in [2.05, 4.69) is 6.58 Å². The molecule has 0 saturated heterocycles. The van der Waals surface area contributed by atoms with Crippen LogP contribution in [0.4, 0.5) is 0 Å². The first-order valence-electron chi connectivity index (χ1n) is 4.73. The van der Waals surface area contributed by atoms with Crippen molar-refractivity contribution in [2.45, 2.75) is 26.3 Å². The second-order valence-electron chi connectivity index (χ2n) is 3.62. The van der Waals surface area contributed by atoms with E-state index in [9.17, 15) is 5.11 Å². The minimum atomic E-state index is -0.0203. The zero-order valence-corrected chi connectivity index (χ0v) is 9.97. The van der Waals surface area contributed by atoms with E-state index >= 15 is 0 Å². The van der Waals surface area contributed by atoms with E-state index in [4.69, 9.17) is 5.73 Å². The lowest BCUT2D eigenvalue weighted by Crippen LogP contribution is -2.12. The average molecular weight is 228 g/mol. The fraction of sp³-hybridized carbons (Fsp3) is 0.333. The van der Waals surface area contributed by atoms with Crippen LogP contribution in [-0.2, 0) is 0 Å². The first-order chi connectivity index (χ1) is 6.56. The van der Waals surface area contributed by atoms with Crippen molar-refractivity contribution in [3.05, 3.63) is 41.5 Å². The summed E-state index contributed by atoms with van der Waals surface area (Å²) < 4.78 is 0. The molecule has 84 valence electrons. The lowest BCUT2D eigenvalue weighted by molar-refractivity contribution is 0.473. The van der Waals surface area contributed by atoms with Gasteiger partial charge in [0.05, 0.1) is 0 Å². The molecule has 0 fully saturated rings. The van der Waals surface area contributed by atoms with Crippen LogP contribution < -0.4 is 5.73 Å². The van der Waals surface area contributed by atoms with Crippen LogP contribution in [0.1, 0.15) is 29.2 Å². The molecule has 2 nitrogen and oxygen atoms in total. The van der Waals surface area contributed by atoms with Crippen LogP contribution >= 0.6 is 12.4 Å². The Morgan fingerprint density at radius 2 is 1.87 bits per heavy atom. The summed E-state index contributed by atoms with van der Waals surface area (Å²) in [5.74, 6) is 0.301. The summed E-state index contributed by atoms with van der Waals surface area (Å²) in [6, 6.07) is 3.46. The molecule has 1 aromatic rings. The third kappa shape index (κ3) is 3.26. The molecular formula is C12H18ClNO. The lowest BCUT2D eigenvalue weighted by atomic mass is 9.94. The molecule has 0 aliphatic carbocycles. The van der Waals surface area contributed by atoms with Gasteiger partial charge in [-0.15, -0.1) is 19.0 Å². The summed E-state index contributed by atoms with van der Waals surface area (Å²) in [6.45, 7) is 7.60. The number of benzene rings is 1. The van der Waals surface area contributed by atoms with Gasteiger partial charge < -0.3 is 10.8 Å². The van der Waals surface area contributed by atoms with Gasteiger partial charge in [-0.1, -0.05) is 6.08 Å². The van der Waals surface area contributed by atoms with Gasteiger partial charge in [0.25, 0.3) is 0 Å². The van der Waals surface area contributed by atoms with Gasteiger partial charge in [-0.3, -0.25) is 0 Å². The van der Waals surface area contributed by atoms with E-state index < -0.39 is 0 Å². The molecule has 1 aromatic carbocycles. The predicted octanol–water partition coefficient (Wildman–Crippen LogP) is 3.01. The number of aryl methyl sites for hydroxylation is 2. The van der Waals surface area contributed by atoms with Crippen LogP contribution in [0.3, 0.4) is 0 Å². The molecule has 0 spiro atoms. The van der Waals surface area contributed by atoms with Crippen LogP contribution in [0.5, 0.6) is 5.75 Å². The molecule has 0 amide bonds. The van der Waals surface area contributed by atoms with Crippen LogP contribution in [-0.4, -0.2) is 5.11 Å². The number of hydrogen-bond acceptors (Lipinski definition) is 2. The largest absolute Gasteiger partial charge is 0.508 e. The molecule has 3 N–H and O–H groups in total. The molecule has 0 aromatic heterocycles.